The number of rotatable bonds is 5. The Morgan fingerprint density at radius 1 is 1.09 bits per heavy atom. The average Bonchev–Trinajstić information content (AvgIpc) is 2.61. The van der Waals surface area contributed by atoms with Gasteiger partial charge in [0.2, 0.25) is 0 Å². The second-order valence-corrected chi connectivity index (χ2v) is 4.05. The number of hydrogen-bond donors (Lipinski definition) is 0. The molecule has 0 saturated carbocycles. The summed E-state index contributed by atoms with van der Waals surface area (Å²) >= 11 is 1.25. The minimum atomic E-state index is -0.233. The smallest absolute Gasteiger partial charge is 0.123 e. The van der Waals surface area contributed by atoms with Crippen LogP contribution in [0, 0.1) is 5.82 Å². The van der Waals surface area contributed by atoms with E-state index < -0.39 is 0 Å². The molecule has 0 bridgehead atoms. The summed E-state index contributed by atoms with van der Waals surface area (Å²) < 4.78 is 18.0. The fourth-order valence-corrected chi connectivity index (χ4v) is 1.62. The first kappa shape index (κ1) is 26.6. The topological polar surface area (TPSA) is 12.5 Å². The molecule has 0 spiro atoms. The van der Waals surface area contributed by atoms with E-state index in [9.17, 15) is 4.39 Å². The second kappa shape index (κ2) is 18.8. The first-order valence-electron chi connectivity index (χ1n) is 8.12. The molecule has 0 unspecified atom stereocenters. The molecular weight excluding hydrogens is 309 g/mol. The van der Waals surface area contributed by atoms with Crippen LogP contribution in [-0.2, 0) is 4.28 Å². The van der Waals surface area contributed by atoms with Crippen molar-refractivity contribution in [3.63, 3.8) is 0 Å². The largest absolute Gasteiger partial charge is 0.245 e. The maximum atomic E-state index is 12.8. The molecule has 0 aliphatic rings. The van der Waals surface area contributed by atoms with E-state index in [4.69, 9.17) is 4.28 Å². The van der Waals surface area contributed by atoms with E-state index >= 15 is 0 Å². The van der Waals surface area contributed by atoms with Gasteiger partial charge in [-0.1, -0.05) is 60.3 Å². The lowest BCUT2D eigenvalue weighted by Crippen LogP contribution is -2.12. The molecule has 0 aliphatic heterocycles. The summed E-state index contributed by atoms with van der Waals surface area (Å²) in [6.45, 7) is 17.8. The molecule has 0 fully saturated rings. The van der Waals surface area contributed by atoms with E-state index in [1.54, 1.807) is 24.2 Å². The minimum absolute atomic E-state index is 0.233. The Bertz CT molecular complexity index is 416. The Morgan fingerprint density at radius 2 is 1.52 bits per heavy atom. The van der Waals surface area contributed by atoms with Crippen molar-refractivity contribution in [3.8, 4) is 0 Å². The molecule has 0 heterocycles. The number of likely N-dealkylation sites (N-methyl/N-ethyl adjacent to an activating group) is 1. The zero-order chi connectivity index (χ0) is 18.8. The molecule has 0 aliphatic carbocycles. The minimum Gasteiger partial charge on any atom is -0.245 e. The highest BCUT2D eigenvalue weighted by Crippen LogP contribution is 2.18. The SMILES string of the molecule is C=C(/C=C(\C)c1ccc(F)cc1)N(C)OSC.CC.CC.CC. The van der Waals surface area contributed by atoms with Gasteiger partial charge in [-0.2, -0.15) is 0 Å². The van der Waals surface area contributed by atoms with Crippen LogP contribution in [0.2, 0.25) is 0 Å². The van der Waals surface area contributed by atoms with E-state index in [0.29, 0.717) is 0 Å². The van der Waals surface area contributed by atoms with Crippen molar-refractivity contribution in [2.24, 2.45) is 0 Å². The van der Waals surface area contributed by atoms with E-state index in [-0.39, 0.29) is 5.82 Å². The van der Waals surface area contributed by atoms with Gasteiger partial charge in [-0.05, 0) is 36.3 Å². The predicted molar refractivity (Wildman–Crippen MR) is 106 cm³/mol. The third-order valence-corrected chi connectivity index (χ3v) is 2.65. The summed E-state index contributed by atoms with van der Waals surface area (Å²) in [5.74, 6) is -0.233. The summed E-state index contributed by atoms with van der Waals surface area (Å²) in [6, 6.07) is 6.36. The van der Waals surface area contributed by atoms with Gasteiger partial charge in [0.05, 0.1) is 5.70 Å². The van der Waals surface area contributed by atoms with Gasteiger partial charge in [-0.3, -0.25) is 0 Å². The van der Waals surface area contributed by atoms with Crippen molar-refractivity contribution in [1.82, 2.24) is 5.06 Å². The van der Waals surface area contributed by atoms with E-state index in [1.807, 2.05) is 60.8 Å². The fraction of sp³-hybridized carbons (Fsp3) is 0.474. The standard InChI is InChI=1S/C13H16FNOS.3C2H6/c1-10(9-11(2)15(3)16-17-4)12-5-7-13(14)8-6-12;3*1-2/h5-9H,2H2,1,3-4H3;3*1-2H3/b10-9+;;;. The molecule has 1 aromatic carbocycles. The van der Waals surface area contributed by atoms with Crippen LogP contribution >= 0.6 is 12.0 Å². The summed E-state index contributed by atoms with van der Waals surface area (Å²) in [7, 11) is 1.78. The van der Waals surface area contributed by atoms with Gasteiger partial charge < -0.3 is 0 Å². The maximum absolute atomic E-state index is 12.8. The number of hydrogen-bond acceptors (Lipinski definition) is 3. The molecule has 1 rings (SSSR count). The summed E-state index contributed by atoms with van der Waals surface area (Å²) in [6.07, 6.45) is 3.73. The lowest BCUT2D eigenvalue weighted by molar-refractivity contribution is 0.0392. The Morgan fingerprint density at radius 3 is 1.91 bits per heavy atom. The van der Waals surface area contributed by atoms with Gasteiger partial charge in [0, 0.05) is 25.3 Å². The zero-order valence-corrected chi connectivity index (χ0v) is 17.1. The highest BCUT2D eigenvalue weighted by molar-refractivity contribution is 7.93. The number of halogens is 1. The molecule has 2 nitrogen and oxygen atoms in total. The van der Waals surface area contributed by atoms with Crippen LogP contribution in [0.4, 0.5) is 4.39 Å². The first-order valence-corrected chi connectivity index (χ1v) is 9.27. The van der Waals surface area contributed by atoms with E-state index in [2.05, 4.69) is 6.58 Å². The molecule has 0 amide bonds. The molecule has 0 N–H and O–H groups in total. The van der Waals surface area contributed by atoms with E-state index in [0.717, 1.165) is 16.8 Å². The van der Waals surface area contributed by atoms with Crippen LogP contribution in [0.5, 0.6) is 0 Å². The molecule has 0 aromatic heterocycles. The lowest BCUT2D eigenvalue weighted by atomic mass is 10.1. The van der Waals surface area contributed by atoms with Crippen LogP contribution < -0.4 is 0 Å². The van der Waals surface area contributed by atoms with E-state index in [1.165, 1.54) is 24.2 Å². The second-order valence-electron chi connectivity index (χ2n) is 3.56. The fourth-order valence-electron chi connectivity index (χ4n) is 1.30. The summed E-state index contributed by atoms with van der Waals surface area (Å²) in [5, 5.41) is 1.58. The van der Waals surface area contributed by atoms with Crippen molar-refractivity contribution in [2.75, 3.05) is 13.3 Å². The Hall–Kier alpha value is -1.26. The van der Waals surface area contributed by atoms with Gasteiger partial charge in [0.25, 0.3) is 0 Å². The average molecular weight is 344 g/mol. The molecule has 0 radical (unpaired) electrons. The van der Waals surface area contributed by atoms with Gasteiger partial charge in [0.1, 0.15) is 5.82 Å². The Kier molecular flexibility index (Phi) is 21.8. The van der Waals surface area contributed by atoms with Crippen LogP contribution in [0.3, 0.4) is 0 Å². The molecule has 0 saturated heterocycles. The van der Waals surface area contributed by atoms with Gasteiger partial charge >= 0.3 is 0 Å². The number of hydroxylamine groups is 2. The monoisotopic (exact) mass is 343 g/mol. The van der Waals surface area contributed by atoms with Gasteiger partial charge in [-0.15, -0.1) is 0 Å². The highest BCUT2D eigenvalue weighted by atomic mass is 32.2. The zero-order valence-electron chi connectivity index (χ0n) is 16.2. The molecular formula is C19H34FNOS. The van der Waals surface area contributed by atoms with Crippen molar-refractivity contribution in [1.29, 1.82) is 0 Å². The van der Waals surface area contributed by atoms with Crippen molar-refractivity contribution < 1.29 is 8.67 Å². The predicted octanol–water partition coefficient (Wildman–Crippen LogP) is 6.96. The van der Waals surface area contributed by atoms with Crippen LogP contribution in [0.1, 0.15) is 54.0 Å². The molecule has 1 aromatic rings. The Balaban J connectivity index is -0.000000595. The number of allylic oxidation sites excluding steroid dienone is 2. The molecule has 4 heteroatoms. The number of nitrogens with zero attached hydrogens (tertiary/aromatic N) is 1. The third-order valence-electron chi connectivity index (χ3n) is 2.27. The third kappa shape index (κ3) is 12.9. The molecule has 134 valence electrons. The molecule has 23 heavy (non-hydrogen) atoms. The summed E-state index contributed by atoms with van der Waals surface area (Å²) in [5.41, 5.74) is 2.71. The van der Waals surface area contributed by atoms with Crippen molar-refractivity contribution >= 4 is 17.6 Å². The first-order chi connectivity index (χ1) is 11.0. The summed E-state index contributed by atoms with van der Waals surface area (Å²) in [4.78, 5) is 0. The quantitative estimate of drug-likeness (QED) is 0.325. The highest BCUT2D eigenvalue weighted by Gasteiger charge is 2.01. The Labute approximate surface area is 147 Å². The van der Waals surface area contributed by atoms with Crippen molar-refractivity contribution in [2.45, 2.75) is 48.5 Å². The van der Waals surface area contributed by atoms with Gasteiger partial charge in [-0.25, -0.2) is 13.7 Å². The maximum Gasteiger partial charge on any atom is 0.123 e. The molecule has 0 atom stereocenters. The van der Waals surface area contributed by atoms with Crippen LogP contribution in [0.25, 0.3) is 5.57 Å². The normalized spacial score (nSPS) is 9.22. The van der Waals surface area contributed by atoms with Gasteiger partial charge in [0.15, 0.2) is 0 Å². The number of benzene rings is 1. The lowest BCUT2D eigenvalue weighted by Gasteiger charge is -2.16. The van der Waals surface area contributed by atoms with Crippen LogP contribution in [0.15, 0.2) is 42.6 Å². The van der Waals surface area contributed by atoms with Crippen molar-refractivity contribution in [3.05, 3.63) is 54.0 Å². The van der Waals surface area contributed by atoms with Crippen LogP contribution in [-0.4, -0.2) is 18.4 Å².